The first kappa shape index (κ1) is 19.5. The monoisotopic (exact) mass is 376 g/mol. The first-order chi connectivity index (χ1) is 12.4. The Labute approximate surface area is 155 Å². The standard InChI is InChI=1S/C18H20N2O5S/c1-4-24-18(23)13-12(14(16(21)20-3)26-15(13)19)9-25-17(22)11-8-6-5-7-10(11)2/h5-8H,4,9,19H2,1-3H3,(H,20,21). The molecule has 1 aromatic carbocycles. The smallest absolute Gasteiger partial charge is 0.341 e. The lowest BCUT2D eigenvalue weighted by atomic mass is 10.1. The molecule has 138 valence electrons. The summed E-state index contributed by atoms with van der Waals surface area (Å²) in [5.74, 6) is -1.62. The third kappa shape index (κ3) is 4.02. The highest BCUT2D eigenvalue weighted by molar-refractivity contribution is 7.18. The number of ether oxygens (including phenoxy) is 2. The molecule has 0 spiro atoms. The van der Waals surface area contributed by atoms with E-state index in [4.69, 9.17) is 15.2 Å². The van der Waals surface area contributed by atoms with Gasteiger partial charge in [-0.1, -0.05) is 18.2 Å². The van der Waals surface area contributed by atoms with Crippen LogP contribution in [0.5, 0.6) is 0 Å². The average Bonchev–Trinajstić information content (AvgIpc) is 2.96. The Hall–Kier alpha value is -2.87. The maximum absolute atomic E-state index is 12.3. The van der Waals surface area contributed by atoms with Crippen LogP contribution < -0.4 is 11.1 Å². The molecule has 7 nitrogen and oxygen atoms in total. The molecule has 0 aliphatic heterocycles. The molecule has 1 aromatic heterocycles. The zero-order chi connectivity index (χ0) is 19.3. The first-order valence-electron chi connectivity index (χ1n) is 7.93. The SMILES string of the molecule is CCOC(=O)c1c(N)sc(C(=O)NC)c1COC(=O)c1ccccc1C. The van der Waals surface area contributed by atoms with Gasteiger partial charge in [0.05, 0.1) is 12.2 Å². The van der Waals surface area contributed by atoms with Gasteiger partial charge in [0.15, 0.2) is 0 Å². The molecule has 26 heavy (non-hydrogen) atoms. The van der Waals surface area contributed by atoms with Crippen molar-refractivity contribution in [3.63, 3.8) is 0 Å². The van der Waals surface area contributed by atoms with E-state index in [1.54, 1.807) is 32.0 Å². The molecule has 3 N–H and O–H groups in total. The minimum absolute atomic E-state index is 0.0630. The molecule has 0 radical (unpaired) electrons. The minimum Gasteiger partial charge on any atom is -0.462 e. The maximum atomic E-state index is 12.3. The van der Waals surface area contributed by atoms with Gasteiger partial charge in [-0.15, -0.1) is 11.3 Å². The van der Waals surface area contributed by atoms with Crippen LogP contribution in [0.15, 0.2) is 24.3 Å². The molecule has 0 saturated carbocycles. The van der Waals surface area contributed by atoms with Crippen molar-refractivity contribution in [2.45, 2.75) is 20.5 Å². The maximum Gasteiger partial charge on any atom is 0.341 e. The predicted octanol–water partition coefficient (Wildman–Crippen LogP) is 2.53. The second-order valence-electron chi connectivity index (χ2n) is 5.34. The van der Waals surface area contributed by atoms with E-state index in [0.717, 1.165) is 16.9 Å². The number of anilines is 1. The number of benzene rings is 1. The normalized spacial score (nSPS) is 10.3. The zero-order valence-electron chi connectivity index (χ0n) is 14.8. The Morgan fingerprint density at radius 1 is 1.15 bits per heavy atom. The molecule has 0 atom stereocenters. The zero-order valence-corrected chi connectivity index (χ0v) is 15.6. The number of thiophene rings is 1. The highest BCUT2D eigenvalue weighted by Crippen LogP contribution is 2.32. The van der Waals surface area contributed by atoms with Crippen molar-refractivity contribution in [1.29, 1.82) is 0 Å². The number of hydrogen-bond donors (Lipinski definition) is 2. The van der Waals surface area contributed by atoms with Crippen LogP contribution in [0.3, 0.4) is 0 Å². The summed E-state index contributed by atoms with van der Waals surface area (Å²) in [5.41, 5.74) is 7.39. The van der Waals surface area contributed by atoms with E-state index in [2.05, 4.69) is 5.32 Å². The largest absolute Gasteiger partial charge is 0.462 e. The lowest BCUT2D eigenvalue weighted by molar-refractivity contribution is 0.0449. The molecule has 0 saturated heterocycles. The highest BCUT2D eigenvalue weighted by Gasteiger charge is 2.27. The van der Waals surface area contributed by atoms with E-state index in [-0.39, 0.29) is 34.2 Å². The number of nitrogen functional groups attached to an aromatic ring is 1. The molecule has 1 amide bonds. The molecule has 0 fully saturated rings. The van der Waals surface area contributed by atoms with Crippen LogP contribution in [-0.4, -0.2) is 31.5 Å². The summed E-state index contributed by atoms with van der Waals surface area (Å²) in [4.78, 5) is 36.9. The van der Waals surface area contributed by atoms with Gasteiger partial charge >= 0.3 is 11.9 Å². The highest BCUT2D eigenvalue weighted by atomic mass is 32.1. The van der Waals surface area contributed by atoms with Gasteiger partial charge in [0.1, 0.15) is 22.0 Å². The van der Waals surface area contributed by atoms with Crippen LogP contribution in [-0.2, 0) is 16.1 Å². The third-order valence-electron chi connectivity index (χ3n) is 3.66. The molecule has 1 heterocycles. The van der Waals surface area contributed by atoms with Gasteiger partial charge in [0.25, 0.3) is 5.91 Å². The van der Waals surface area contributed by atoms with Crippen molar-refractivity contribution in [2.75, 3.05) is 19.4 Å². The molecule has 0 unspecified atom stereocenters. The van der Waals surface area contributed by atoms with Crippen LogP contribution in [0, 0.1) is 6.92 Å². The Morgan fingerprint density at radius 3 is 2.46 bits per heavy atom. The number of hydrogen-bond acceptors (Lipinski definition) is 7. The van der Waals surface area contributed by atoms with Crippen LogP contribution in [0.1, 0.15) is 48.4 Å². The van der Waals surface area contributed by atoms with Gasteiger partial charge in [-0.05, 0) is 25.5 Å². The number of aryl methyl sites for hydroxylation is 1. The molecule has 0 aliphatic carbocycles. The fourth-order valence-corrected chi connectivity index (χ4v) is 3.37. The van der Waals surface area contributed by atoms with Crippen LogP contribution in [0.25, 0.3) is 0 Å². The topological polar surface area (TPSA) is 108 Å². The van der Waals surface area contributed by atoms with Gasteiger partial charge in [-0.2, -0.15) is 0 Å². The lowest BCUT2D eigenvalue weighted by Crippen LogP contribution is -2.20. The molecular weight excluding hydrogens is 356 g/mol. The van der Waals surface area contributed by atoms with Crippen LogP contribution in [0.4, 0.5) is 5.00 Å². The number of nitrogens with two attached hydrogens (primary N) is 1. The number of carbonyl (C=O) groups is 3. The van der Waals surface area contributed by atoms with E-state index in [9.17, 15) is 14.4 Å². The van der Waals surface area contributed by atoms with Crippen LogP contribution in [0.2, 0.25) is 0 Å². The quantitative estimate of drug-likeness (QED) is 0.750. The number of amides is 1. The molecule has 2 aromatic rings. The molecule has 0 aliphatic rings. The van der Waals surface area contributed by atoms with Crippen LogP contribution >= 0.6 is 11.3 Å². The summed E-state index contributed by atoms with van der Waals surface area (Å²) >= 11 is 0.952. The number of carbonyl (C=O) groups excluding carboxylic acids is 3. The average molecular weight is 376 g/mol. The Balaban J connectivity index is 2.34. The number of rotatable bonds is 6. The third-order valence-corrected chi connectivity index (χ3v) is 4.72. The van der Waals surface area contributed by atoms with Crippen molar-refractivity contribution in [1.82, 2.24) is 5.32 Å². The molecular formula is C18H20N2O5S. The summed E-state index contributed by atoms with van der Waals surface area (Å²) < 4.78 is 10.3. The summed E-state index contributed by atoms with van der Waals surface area (Å²) in [7, 11) is 1.46. The van der Waals surface area contributed by atoms with Gasteiger partial charge in [-0.3, -0.25) is 4.79 Å². The van der Waals surface area contributed by atoms with Gasteiger partial charge in [-0.25, -0.2) is 9.59 Å². The van der Waals surface area contributed by atoms with Crippen molar-refractivity contribution >= 4 is 34.2 Å². The summed E-state index contributed by atoms with van der Waals surface area (Å²) in [6, 6.07) is 6.98. The van der Waals surface area contributed by atoms with E-state index < -0.39 is 17.8 Å². The minimum atomic E-state index is -0.654. The number of esters is 2. The summed E-state index contributed by atoms with van der Waals surface area (Å²) in [6.45, 7) is 3.35. The van der Waals surface area contributed by atoms with E-state index in [1.165, 1.54) is 7.05 Å². The lowest BCUT2D eigenvalue weighted by Gasteiger charge is -2.10. The van der Waals surface area contributed by atoms with E-state index in [1.807, 2.05) is 6.07 Å². The van der Waals surface area contributed by atoms with Crippen molar-refractivity contribution in [2.24, 2.45) is 0 Å². The molecule has 8 heteroatoms. The predicted molar refractivity (Wildman–Crippen MR) is 98.4 cm³/mol. The fourth-order valence-electron chi connectivity index (χ4n) is 2.36. The Morgan fingerprint density at radius 2 is 1.85 bits per heavy atom. The summed E-state index contributed by atoms with van der Waals surface area (Å²) in [5, 5.41) is 2.63. The van der Waals surface area contributed by atoms with Gasteiger partial charge in [0.2, 0.25) is 0 Å². The fraction of sp³-hybridized carbons (Fsp3) is 0.278. The van der Waals surface area contributed by atoms with Crippen molar-refractivity contribution < 1.29 is 23.9 Å². The van der Waals surface area contributed by atoms with Crippen molar-refractivity contribution in [3.8, 4) is 0 Å². The Bertz CT molecular complexity index is 844. The Kier molecular flexibility index (Phi) is 6.35. The van der Waals surface area contributed by atoms with Crippen molar-refractivity contribution in [3.05, 3.63) is 51.4 Å². The van der Waals surface area contributed by atoms with E-state index in [0.29, 0.717) is 5.56 Å². The second-order valence-corrected chi connectivity index (χ2v) is 6.39. The summed E-state index contributed by atoms with van der Waals surface area (Å²) in [6.07, 6.45) is 0. The van der Waals surface area contributed by atoms with Gasteiger partial charge < -0.3 is 20.5 Å². The second kappa shape index (κ2) is 8.48. The molecule has 2 rings (SSSR count). The number of nitrogens with one attached hydrogen (secondary N) is 1. The molecule has 0 bridgehead atoms. The van der Waals surface area contributed by atoms with Gasteiger partial charge in [0, 0.05) is 12.6 Å². The van der Waals surface area contributed by atoms with E-state index >= 15 is 0 Å². The first-order valence-corrected chi connectivity index (χ1v) is 8.75.